The molecule has 8 heteroatoms. The van der Waals surface area contributed by atoms with Gasteiger partial charge in [-0.05, 0) is 50.3 Å². The molecule has 2 rings (SSSR count). The standard InChI is InChI=1S/C20H29Cl2N3O3/c1-3-28-12-4-9-23-19(26)16-13-15(24-20(27)18(21)22)5-6-17(16)25-10-7-14(2)8-11-25/h5-6,13-14,18H,3-4,7-12H2,1-2H3,(H,23,26)(H,24,27). The van der Waals surface area contributed by atoms with Gasteiger partial charge < -0.3 is 20.3 Å². The molecule has 1 saturated heterocycles. The summed E-state index contributed by atoms with van der Waals surface area (Å²) in [6.07, 6.45) is 2.93. The van der Waals surface area contributed by atoms with Gasteiger partial charge in [0.05, 0.1) is 5.56 Å². The Morgan fingerprint density at radius 1 is 1.29 bits per heavy atom. The summed E-state index contributed by atoms with van der Waals surface area (Å²) in [7, 11) is 0. The number of benzene rings is 1. The van der Waals surface area contributed by atoms with Crippen LogP contribution < -0.4 is 15.5 Å². The number of rotatable bonds is 9. The van der Waals surface area contributed by atoms with Gasteiger partial charge in [-0.1, -0.05) is 30.1 Å². The van der Waals surface area contributed by atoms with Crippen molar-refractivity contribution in [2.75, 3.05) is 43.1 Å². The van der Waals surface area contributed by atoms with E-state index in [1.165, 1.54) is 0 Å². The Labute approximate surface area is 176 Å². The fraction of sp³-hybridized carbons (Fsp3) is 0.600. The molecular weight excluding hydrogens is 401 g/mol. The summed E-state index contributed by atoms with van der Waals surface area (Å²) >= 11 is 11.2. The van der Waals surface area contributed by atoms with Crippen LogP contribution in [0.1, 0.15) is 43.5 Å². The van der Waals surface area contributed by atoms with Crippen molar-refractivity contribution >= 4 is 46.4 Å². The monoisotopic (exact) mass is 429 g/mol. The Hall–Kier alpha value is -1.50. The lowest BCUT2D eigenvalue weighted by Gasteiger charge is -2.33. The second kappa shape index (κ2) is 11.5. The van der Waals surface area contributed by atoms with Crippen LogP contribution in [-0.2, 0) is 9.53 Å². The van der Waals surface area contributed by atoms with Crippen molar-refractivity contribution in [1.82, 2.24) is 5.32 Å². The zero-order valence-electron chi connectivity index (χ0n) is 16.5. The maximum absolute atomic E-state index is 12.8. The van der Waals surface area contributed by atoms with Gasteiger partial charge in [0.25, 0.3) is 11.8 Å². The lowest BCUT2D eigenvalue weighted by Crippen LogP contribution is -2.35. The number of amides is 2. The van der Waals surface area contributed by atoms with Gasteiger partial charge in [0.15, 0.2) is 4.84 Å². The normalized spacial score (nSPS) is 15.0. The maximum Gasteiger partial charge on any atom is 0.257 e. The molecule has 0 spiro atoms. The molecule has 1 aromatic rings. The molecule has 6 nitrogen and oxygen atoms in total. The van der Waals surface area contributed by atoms with Crippen LogP contribution >= 0.6 is 23.2 Å². The summed E-state index contributed by atoms with van der Waals surface area (Å²) in [6, 6.07) is 5.32. The van der Waals surface area contributed by atoms with E-state index in [1.54, 1.807) is 12.1 Å². The number of nitrogens with zero attached hydrogens (tertiary/aromatic N) is 1. The second-order valence-corrected chi connectivity index (χ2v) is 8.09. The minimum atomic E-state index is -1.17. The highest BCUT2D eigenvalue weighted by atomic mass is 35.5. The SMILES string of the molecule is CCOCCCNC(=O)c1cc(NC(=O)C(Cl)Cl)ccc1N1CCC(C)CC1. The Morgan fingerprint density at radius 2 is 2.00 bits per heavy atom. The third-order valence-electron chi connectivity index (χ3n) is 4.79. The first-order chi connectivity index (χ1) is 13.4. The predicted molar refractivity (Wildman–Crippen MR) is 115 cm³/mol. The number of nitrogens with one attached hydrogen (secondary N) is 2. The molecule has 1 aliphatic rings. The van der Waals surface area contributed by atoms with Crippen molar-refractivity contribution in [3.8, 4) is 0 Å². The van der Waals surface area contributed by atoms with E-state index in [2.05, 4.69) is 22.5 Å². The number of carbonyl (C=O) groups excluding carboxylic acids is 2. The predicted octanol–water partition coefficient (Wildman–Crippen LogP) is 3.82. The molecule has 0 saturated carbocycles. The maximum atomic E-state index is 12.8. The molecule has 1 fully saturated rings. The minimum Gasteiger partial charge on any atom is -0.382 e. The lowest BCUT2D eigenvalue weighted by atomic mass is 9.97. The number of carbonyl (C=O) groups is 2. The molecule has 28 heavy (non-hydrogen) atoms. The van der Waals surface area contributed by atoms with Crippen molar-refractivity contribution in [3.05, 3.63) is 23.8 Å². The summed E-state index contributed by atoms with van der Waals surface area (Å²) in [5.41, 5.74) is 1.90. The van der Waals surface area contributed by atoms with E-state index in [1.807, 2.05) is 13.0 Å². The summed E-state index contributed by atoms with van der Waals surface area (Å²) < 4.78 is 5.30. The molecule has 0 unspecified atom stereocenters. The Balaban J connectivity index is 2.16. The topological polar surface area (TPSA) is 70.7 Å². The number of anilines is 2. The van der Waals surface area contributed by atoms with Crippen LogP contribution in [0.2, 0.25) is 0 Å². The molecule has 1 aromatic carbocycles. The van der Waals surface area contributed by atoms with Crippen LogP contribution in [0.15, 0.2) is 18.2 Å². The summed E-state index contributed by atoms with van der Waals surface area (Å²) in [4.78, 5) is 25.7. The Bertz CT molecular complexity index is 662. The average molecular weight is 430 g/mol. The van der Waals surface area contributed by atoms with Crippen molar-refractivity contribution in [1.29, 1.82) is 0 Å². The molecular formula is C20H29Cl2N3O3. The van der Waals surface area contributed by atoms with E-state index in [4.69, 9.17) is 27.9 Å². The van der Waals surface area contributed by atoms with Crippen LogP contribution in [0.3, 0.4) is 0 Å². The van der Waals surface area contributed by atoms with Gasteiger partial charge in [0, 0.05) is 44.2 Å². The lowest BCUT2D eigenvalue weighted by molar-refractivity contribution is -0.114. The van der Waals surface area contributed by atoms with Crippen molar-refractivity contribution in [3.63, 3.8) is 0 Å². The number of piperidine rings is 1. The fourth-order valence-corrected chi connectivity index (χ4v) is 3.24. The van der Waals surface area contributed by atoms with Gasteiger partial charge in [0.1, 0.15) is 0 Å². The van der Waals surface area contributed by atoms with Gasteiger partial charge >= 0.3 is 0 Å². The number of ether oxygens (including phenoxy) is 1. The average Bonchev–Trinajstić information content (AvgIpc) is 2.68. The van der Waals surface area contributed by atoms with E-state index in [-0.39, 0.29) is 5.91 Å². The number of hydrogen-bond donors (Lipinski definition) is 2. The molecule has 2 amide bonds. The Kier molecular flexibility index (Phi) is 9.35. The van der Waals surface area contributed by atoms with Gasteiger partial charge in [-0.2, -0.15) is 0 Å². The van der Waals surface area contributed by atoms with Crippen molar-refractivity contribution in [2.24, 2.45) is 5.92 Å². The third-order valence-corrected chi connectivity index (χ3v) is 5.18. The summed E-state index contributed by atoms with van der Waals surface area (Å²) in [5.74, 6) is -0.00417. The molecule has 1 aliphatic heterocycles. The molecule has 1 heterocycles. The zero-order chi connectivity index (χ0) is 20.5. The van der Waals surface area contributed by atoms with Crippen molar-refractivity contribution in [2.45, 2.75) is 37.9 Å². The van der Waals surface area contributed by atoms with E-state index < -0.39 is 10.7 Å². The first-order valence-corrected chi connectivity index (χ1v) is 10.6. The van der Waals surface area contributed by atoms with E-state index >= 15 is 0 Å². The first kappa shape index (κ1) is 22.8. The first-order valence-electron chi connectivity index (χ1n) is 9.76. The van der Waals surface area contributed by atoms with E-state index in [0.717, 1.165) is 38.0 Å². The molecule has 0 radical (unpaired) electrons. The van der Waals surface area contributed by atoms with Gasteiger partial charge in [0.2, 0.25) is 0 Å². The van der Waals surface area contributed by atoms with Gasteiger partial charge in [-0.15, -0.1) is 0 Å². The third kappa shape index (κ3) is 6.83. The van der Waals surface area contributed by atoms with E-state index in [9.17, 15) is 9.59 Å². The highest BCUT2D eigenvalue weighted by molar-refractivity contribution is 6.54. The molecule has 0 bridgehead atoms. The zero-order valence-corrected chi connectivity index (χ0v) is 18.0. The van der Waals surface area contributed by atoms with Gasteiger partial charge in [-0.3, -0.25) is 9.59 Å². The van der Waals surface area contributed by atoms with Crippen LogP contribution in [0, 0.1) is 5.92 Å². The van der Waals surface area contributed by atoms with E-state index in [0.29, 0.717) is 36.9 Å². The minimum absolute atomic E-state index is 0.172. The summed E-state index contributed by atoms with van der Waals surface area (Å²) in [5, 5.41) is 5.58. The van der Waals surface area contributed by atoms with Crippen LogP contribution in [0.4, 0.5) is 11.4 Å². The smallest absolute Gasteiger partial charge is 0.257 e. The molecule has 156 valence electrons. The molecule has 0 atom stereocenters. The second-order valence-electron chi connectivity index (χ2n) is 7.00. The molecule has 2 N–H and O–H groups in total. The highest BCUT2D eigenvalue weighted by Crippen LogP contribution is 2.29. The number of halogens is 2. The number of alkyl halides is 2. The molecule has 0 aliphatic carbocycles. The number of hydrogen-bond acceptors (Lipinski definition) is 4. The van der Waals surface area contributed by atoms with Crippen LogP contribution in [0.25, 0.3) is 0 Å². The highest BCUT2D eigenvalue weighted by Gasteiger charge is 2.22. The van der Waals surface area contributed by atoms with Crippen LogP contribution in [0.5, 0.6) is 0 Å². The summed E-state index contributed by atoms with van der Waals surface area (Å²) in [6.45, 7) is 7.79. The Morgan fingerprint density at radius 3 is 2.64 bits per heavy atom. The molecule has 0 aromatic heterocycles. The fourth-order valence-electron chi connectivity index (χ4n) is 3.13. The largest absolute Gasteiger partial charge is 0.382 e. The van der Waals surface area contributed by atoms with Crippen LogP contribution in [-0.4, -0.2) is 49.5 Å². The van der Waals surface area contributed by atoms with Gasteiger partial charge in [-0.25, -0.2) is 0 Å². The quantitative estimate of drug-likeness (QED) is 0.462. The van der Waals surface area contributed by atoms with Crippen molar-refractivity contribution < 1.29 is 14.3 Å².